The van der Waals surface area contributed by atoms with E-state index >= 15 is 4.39 Å². The van der Waals surface area contributed by atoms with Crippen molar-refractivity contribution in [3.05, 3.63) is 80.5 Å². The Bertz CT molecular complexity index is 2640. The number of imide groups is 1. The number of amides is 4. The summed E-state index contributed by atoms with van der Waals surface area (Å²) >= 11 is 6.65. The second kappa shape index (κ2) is 19.2. The van der Waals surface area contributed by atoms with Gasteiger partial charge in [0.25, 0.3) is 17.4 Å². The van der Waals surface area contributed by atoms with Crippen molar-refractivity contribution in [2.75, 3.05) is 50.1 Å². The number of carbonyl (C=O) groups is 4. The van der Waals surface area contributed by atoms with Gasteiger partial charge in [-0.05, 0) is 113 Å². The molecule has 3 N–H and O–H groups in total. The van der Waals surface area contributed by atoms with Gasteiger partial charge in [-0.15, -0.1) is 0 Å². The van der Waals surface area contributed by atoms with Crippen LogP contribution in [-0.4, -0.2) is 112 Å². The fourth-order valence-electron chi connectivity index (χ4n) is 11.1. The lowest BCUT2D eigenvalue weighted by molar-refractivity contribution is -0.137. The molecule has 1 atom stereocenters. The Morgan fingerprint density at radius 2 is 1.69 bits per heavy atom. The first kappa shape index (κ1) is 45.1. The summed E-state index contributed by atoms with van der Waals surface area (Å²) in [6, 6.07) is 10.7. The minimum atomic E-state index is -0.768. The molecule has 0 bridgehead atoms. The van der Waals surface area contributed by atoms with E-state index in [0.717, 1.165) is 113 Å². The summed E-state index contributed by atoms with van der Waals surface area (Å²) in [5.74, 6) is -0.621. The number of piperidine rings is 3. The molecular formula is C49H57ClFN9O7. The van der Waals surface area contributed by atoms with Gasteiger partial charge in [-0.25, -0.2) is 9.37 Å². The van der Waals surface area contributed by atoms with Gasteiger partial charge >= 0.3 is 0 Å². The van der Waals surface area contributed by atoms with E-state index in [9.17, 15) is 24.0 Å². The zero-order chi connectivity index (χ0) is 46.3. The smallest absolute Gasteiger partial charge is 0.293 e. The molecule has 4 amide bonds. The maximum atomic E-state index is 16.0. The minimum Gasteiger partial charge on any atom is -0.478 e. The van der Waals surface area contributed by atoms with Gasteiger partial charge in [0.15, 0.2) is 18.2 Å². The molecule has 5 fully saturated rings. The number of benzene rings is 2. The van der Waals surface area contributed by atoms with Crippen molar-refractivity contribution in [2.24, 2.45) is 0 Å². The van der Waals surface area contributed by atoms with Gasteiger partial charge in [-0.1, -0.05) is 36.9 Å². The van der Waals surface area contributed by atoms with Crippen molar-refractivity contribution in [3.63, 3.8) is 0 Å². The van der Waals surface area contributed by atoms with E-state index < -0.39 is 11.9 Å². The van der Waals surface area contributed by atoms with Crippen molar-refractivity contribution in [1.82, 2.24) is 35.0 Å². The number of hydrogen-bond acceptors (Lipinski definition) is 12. The Balaban J connectivity index is 0.705. The predicted octanol–water partition coefficient (Wildman–Crippen LogP) is 6.11. The van der Waals surface area contributed by atoms with Crippen LogP contribution in [0.5, 0.6) is 5.75 Å². The highest BCUT2D eigenvalue weighted by atomic mass is 35.5. The predicted molar refractivity (Wildman–Crippen MR) is 249 cm³/mol. The van der Waals surface area contributed by atoms with E-state index in [1.165, 1.54) is 11.9 Å². The summed E-state index contributed by atoms with van der Waals surface area (Å²) in [6.07, 6.45) is 12.8. The molecule has 2 aromatic heterocycles. The standard InChI is InChI=1S/C49H57ClFN9O7/c1-52-43(62)27-66-41-22-29-21-30(7-10-39(29)60(48(41)65)31-5-3-2-4-6-31)54-45-38(50)25-53-49(56-45)58-19-15-33(16-20-58)67-34-23-32(24-34)57-17-13-28(14-18-57)35-8-9-36-37(44(35)51)26-59(47(36)64)40-11-12-42(61)55-46(40)63/h7-10,21-22,25,28,31-34,40H,2-6,11-20,23-24,26-27H2,1H3,(H,52,62)(H,53,54,56)(H,55,61,63). The Morgan fingerprint density at radius 3 is 2.43 bits per heavy atom. The third kappa shape index (κ3) is 9.21. The summed E-state index contributed by atoms with van der Waals surface area (Å²) in [5.41, 5.74) is 2.61. The Hall–Kier alpha value is -5.65. The van der Waals surface area contributed by atoms with Crippen LogP contribution in [0, 0.1) is 5.82 Å². The van der Waals surface area contributed by atoms with Crippen LogP contribution in [0.15, 0.2) is 47.4 Å². The third-order valence-corrected chi connectivity index (χ3v) is 15.2. The van der Waals surface area contributed by atoms with Crippen LogP contribution in [-0.2, 0) is 25.7 Å². The fourth-order valence-corrected chi connectivity index (χ4v) is 11.2. The molecular weight excluding hydrogens is 881 g/mol. The van der Waals surface area contributed by atoms with Gasteiger partial charge in [-0.3, -0.25) is 29.3 Å². The number of hydrogen-bond donors (Lipinski definition) is 3. The Kier molecular flexibility index (Phi) is 12.9. The number of pyridine rings is 1. The van der Waals surface area contributed by atoms with Gasteiger partial charge in [-0.2, -0.15) is 4.98 Å². The monoisotopic (exact) mass is 937 g/mol. The molecule has 1 unspecified atom stereocenters. The Labute approximate surface area is 392 Å². The molecule has 16 nitrogen and oxygen atoms in total. The highest BCUT2D eigenvalue weighted by molar-refractivity contribution is 6.33. The summed E-state index contributed by atoms with van der Waals surface area (Å²) in [5, 5.41) is 9.39. The van der Waals surface area contributed by atoms with Crippen LogP contribution in [0.2, 0.25) is 5.02 Å². The van der Waals surface area contributed by atoms with Gasteiger partial charge in [0.2, 0.25) is 17.8 Å². The number of likely N-dealkylation sites (tertiary alicyclic amines) is 1. The van der Waals surface area contributed by atoms with E-state index in [-0.39, 0.29) is 85.0 Å². The van der Waals surface area contributed by atoms with Gasteiger partial charge in [0.05, 0.1) is 30.5 Å². The van der Waals surface area contributed by atoms with E-state index in [1.54, 1.807) is 24.4 Å². The second-order valence-electron chi connectivity index (χ2n) is 19.0. The molecule has 354 valence electrons. The average Bonchev–Trinajstić information content (AvgIpc) is 3.66. The number of nitrogens with one attached hydrogen (secondary N) is 3. The lowest BCUT2D eigenvalue weighted by Gasteiger charge is -2.47. The zero-order valence-electron chi connectivity index (χ0n) is 37.7. The third-order valence-electron chi connectivity index (χ3n) is 14.9. The molecule has 10 rings (SSSR count). The molecule has 2 aliphatic carbocycles. The maximum absolute atomic E-state index is 16.0. The first-order chi connectivity index (χ1) is 32.5. The molecule has 6 heterocycles. The molecule has 3 saturated heterocycles. The lowest BCUT2D eigenvalue weighted by atomic mass is 9.83. The number of nitrogens with zero attached hydrogens (tertiary/aromatic N) is 6. The molecule has 0 radical (unpaired) electrons. The Morgan fingerprint density at radius 1 is 0.910 bits per heavy atom. The lowest BCUT2D eigenvalue weighted by Crippen LogP contribution is -2.52. The first-order valence-corrected chi connectivity index (χ1v) is 24.3. The summed E-state index contributed by atoms with van der Waals surface area (Å²) < 4.78 is 30.2. The molecule has 0 spiro atoms. The SMILES string of the molecule is CNC(=O)COc1cc2cc(Nc3nc(N4CCC(OC5CC(N6CCC(c7ccc8c(c7F)CN(C7CCC(=O)NC7=O)C8=O)CC6)C5)CC4)ncc3Cl)ccc2n(C2CCCCC2)c1=O. The van der Waals surface area contributed by atoms with Crippen molar-refractivity contribution < 1.29 is 33.0 Å². The molecule has 2 saturated carbocycles. The minimum absolute atomic E-state index is 0.0393. The first-order valence-electron chi connectivity index (χ1n) is 23.9. The van der Waals surface area contributed by atoms with Crippen LogP contribution >= 0.6 is 11.6 Å². The molecule has 4 aliphatic heterocycles. The van der Waals surface area contributed by atoms with Gasteiger partial charge in [0.1, 0.15) is 16.9 Å². The van der Waals surface area contributed by atoms with Crippen molar-refractivity contribution in [3.8, 4) is 5.75 Å². The number of ether oxygens (including phenoxy) is 2. The number of fused-ring (bicyclic) bond motifs is 2. The number of anilines is 3. The van der Waals surface area contributed by atoms with Crippen molar-refractivity contribution in [2.45, 2.75) is 126 Å². The maximum Gasteiger partial charge on any atom is 0.293 e. The second-order valence-corrected chi connectivity index (χ2v) is 19.4. The molecule has 2 aromatic carbocycles. The van der Waals surface area contributed by atoms with E-state index in [4.69, 9.17) is 26.1 Å². The van der Waals surface area contributed by atoms with Crippen molar-refractivity contribution in [1.29, 1.82) is 0 Å². The number of aromatic nitrogens is 3. The fraction of sp³-hybridized carbons (Fsp3) is 0.531. The number of carbonyl (C=O) groups excluding carboxylic acids is 4. The highest BCUT2D eigenvalue weighted by Gasteiger charge is 2.42. The molecule has 4 aromatic rings. The van der Waals surface area contributed by atoms with Crippen molar-refractivity contribution >= 4 is 63.6 Å². The van der Waals surface area contributed by atoms with E-state index in [1.807, 2.05) is 22.8 Å². The van der Waals surface area contributed by atoms with Crippen LogP contribution < -0.4 is 31.1 Å². The topological polar surface area (TPSA) is 180 Å². The van der Waals surface area contributed by atoms with Crippen LogP contribution in [0.25, 0.3) is 10.9 Å². The normalized spacial score (nSPS) is 23.3. The summed E-state index contributed by atoms with van der Waals surface area (Å²) in [6.45, 7) is 3.01. The zero-order valence-corrected chi connectivity index (χ0v) is 38.5. The largest absolute Gasteiger partial charge is 0.478 e. The molecule has 6 aliphatic rings. The molecule has 67 heavy (non-hydrogen) atoms. The number of likely N-dealkylation sites (N-methyl/N-ethyl adjacent to an activating group) is 1. The van der Waals surface area contributed by atoms with E-state index in [2.05, 4.69) is 30.7 Å². The van der Waals surface area contributed by atoms with Gasteiger partial charge in [0, 0.05) is 60.8 Å². The van der Waals surface area contributed by atoms with Crippen LogP contribution in [0.3, 0.4) is 0 Å². The quantitative estimate of drug-likeness (QED) is 0.139. The van der Waals surface area contributed by atoms with Crippen LogP contribution in [0.4, 0.5) is 21.8 Å². The van der Waals surface area contributed by atoms with E-state index in [0.29, 0.717) is 39.5 Å². The highest BCUT2D eigenvalue weighted by Crippen LogP contribution is 2.40. The molecule has 18 heteroatoms. The summed E-state index contributed by atoms with van der Waals surface area (Å²) in [4.78, 5) is 78.5. The summed E-state index contributed by atoms with van der Waals surface area (Å²) in [7, 11) is 1.53. The number of rotatable bonds is 12. The van der Waals surface area contributed by atoms with Crippen LogP contribution in [0.1, 0.15) is 117 Å². The number of halogens is 2. The average molecular weight is 939 g/mol. The van der Waals surface area contributed by atoms with Gasteiger partial charge < -0.3 is 39.4 Å².